The van der Waals surface area contributed by atoms with Crippen LogP contribution in [0.3, 0.4) is 0 Å². The van der Waals surface area contributed by atoms with Crippen LogP contribution in [-0.4, -0.2) is 42.0 Å². The summed E-state index contributed by atoms with van der Waals surface area (Å²) in [6.07, 6.45) is 4.47. The highest BCUT2D eigenvalue weighted by atomic mass is 16.2. The summed E-state index contributed by atoms with van der Waals surface area (Å²) < 4.78 is 0. The van der Waals surface area contributed by atoms with E-state index in [0.29, 0.717) is 5.92 Å². The number of piperidine rings is 1. The summed E-state index contributed by atoms with van der Waals surface area (Å²) in [5.74, 6) is 0.562. The van der Waals surface area contributed by atoms with Gasteiger partial charge in [0, 0.05) is 38.4 Å². The zero-order chi connectivity index (χ0) is 19.3. The van der Waals surface area contributed by atoms with Crippen LogP contribution in [0.1, 0.15) is 36.5 Å². The number of carbonyl (C=O) groups is 1. The number of likely N-dealkylation sites (tertiary alicyclic amines) is 1. The van der Waals surface area contributed by atoms with Gasteiger partial charge in [0.2, 0.25) is 0 Å². The molecule has 2 heterocycles. The Labute approximate surface area is 168 Å². The Kier molecular flexibility index (Phi) is 5.96. The molecular formula is C24H31N3O. The van der Waals surface area contributed by atoms with Gasteiger partial charge in [0.1, 0.15) is 0 Å². The van der Waals surface area contributed by atoms with E-state index in [1.807, 2.05) is 17.0 Å². The molecule has 1 saturated heterocycles. The fourth-order valence-electron chi connectivity index (χ4n) is 4.50. The van der Waals surface area contributed by atoms with Gasteiger partial charge in [0.05, 0.1) is 0 Å². The molecule has 2 aromatic rings. The molecule has 2 aliphatic rings. The van der Waals surface area contributed by atoms with Gasteiger partial charge in [0.15, 0.2) is 0 Å². The number of carbonyl (C=O) groups excluding carboxylic acids is 1. The van der Waals surface area contributed by atoms with Gasteiger partial charge in [-0.2, -0.15) is 0 Å². The number of anilines is 1. The molecule has 0 saturated carbocycles. The Bertz CT molecular complexity index is 802. The normalized spacial score (nSPS) is 19.9. The van der Waals surface area contributed by atoms with E-state index in [0.717, 1.165) is 57.7 Å². The predicted octanol–water partition coefficient (Wildman–Crippen LogP) is 4.55. The van der Waals surface area contributed by atoms with Crippen molar-refractivity contribution in [2.24, 2.45) is 5.92 Å². The van der Waals surface area contributed by atoms with Crippen molar-refractivity contribution in [2.75, 3.05) is 31.5 Å². The molecule has 4 rings (SSSR count). The van der Waals surface area contributed by atoms with E-state index >= 15 is 0 Å². The second-order valence-electron chi connectivity index (χ2n) is 8.19. The minimum absolute atomic E-state index is 0.0398. The lowest BCUT2D eigenvalue weighted by atomic mass is 9.95. The lowest BCUT2D eigenvalue weighted by Crippen LogP contribution is -2.46. The van der Waals surface area contributed by atoms with E-state index in [-0.39, 0.29) is 6.03 Å². The summed E-state index contributed by atoms with van der Waals surface area (Å²) in [6.45, 7) is 7.12. The predicted molar refractivity (Wildman–Crippen MR) is 115 cm³/mol. The molecule has 1 N–H and O–H groups in total. The quantitative estimate of drug-likeness (QED) is 0.848. The molecule has 148 valence electrons. The van der Waals surface area contributed by atoms with Crippen LogP contribution in [0, 0.1) is 5.92 Å². The van der Waals surface area contributed by atoms with E-state index < -0.39 is 0 Å². The third kappa shape index (κ3) is 4.56. The molecule has 0 aromatic heterocycles. The first-order valence-electron chi connectivity index (χ1n) is 10.7. The van der Waals surface area contributed by atoms with Gasteiger partial charge in [-0.3, -0.25) is 4.90 Å². The second-order valence-corrected chi connectivity index (χ2v) is 8.19. The lowest BCUT2D eigenvalue weighted by Gasteiger charge is -2.37. The van der Waals surface area contributed by atoms with Crippen molar-refractivity contribution in [3.8, 4) is 0 Å². The van der Waals surface area contributed by atoms with Gasteiger partial charge in [-0.25, -0.2) is 4.79 Å². The summed E-state index contributed by atoms with van der Waals surface area (Å²) in [6, 6.07) is 17.0. The third-order valence-corrected chi connectivity index (χ3v) is 6.15. The molecule has 0 radical (unpaired) electrons. The zero-order valence-electron chi connectivity index (χ0n) is 16.9. The van der Waals surface area contributed by atoms with E-state index in [1.54, 1.807) is 0 Å². The van der Waals surface area contributed by atoms with Crippen LogP contribution in [0.2, 0.25) is 0 Å². The number of nitrogens with zero attached hydrogens (tertiary/aromatic N) is 2. The molecule has 4 nitrogen and oxygen atoms in total. The van der Waals surface area contributed by atoms with Crippen LogP contribution in [-0.2, 0) is 19.4 Å². The maximum atomic E-state index is 12.7. The highest BCUT2D eigenvalue weighted by molar-refractivity contribution is 5.89. The van der Waals surface area contributed by atoms with Crippen molar-refractivity contribution < 1.29 is 4.79 Å². The standard InChI is InChI=1S/C24H31N3O/c1-2-19-9-11-23(12-10-19)25-24(28)27-14-5-6-20(17-27)16-26-15-13-21-7-3-4-8-22(21)18-26/h3-4,7-12,20H,2,5-6,13-18H2,1H3,(H,25,28)/t20-/m1/s1. The summed E-state index contributed by atoms with van der Waals surface area (Å²) in [7, 11) is 0. The Morgan fingerprint density at radius 2 is 1.86 bits per heavy atom. The fraction of sp³-hybridized carbons (Fsp3) is 0.458. The van der Waals surface area contributed by atoms with Gasteiger partial charge in [-0.15, -0.1) is 0 Å². The van der Waals surface area contributed by atoms with Crippen LogP contribution in [0.25, 0.3) is 0 Å². The first-order chi connectivity index (χ1) is 13.7. The van der Waals surface area contributed by atoms with Gasteiger partial charge in [0.25, 0.3) is 0 Å². The minimum Gasteiger partial charge on any atom is -0.324 e. The molecule has 28 heavy (non-hydrogen) atoms. The lowest BCUT2D eigenvalue weighted by molar-refractivity contribution is 0.140. The van der Waals surface area contributed by atoms with Gasteiger partial charge >= 0.3 is 6.03 Å². The number of fused-ring (bicyclic) bond motifs is 1. The zero-order valence-corrected chi connectivity index (χ0v) is 16.9. The minimum atomic E-state index is 0.0398. The number of hydrogen-bond donors (Lipinski definition) is 1. The van der Waals surface area contributed by atoms with Crippen LogP contribution in [0.15, 0.2) is 48.5 Å². The molecule has 4 heteroatoms. The first-order valence-corrected chi connectivity index (χ1v) is 10.7. The van der Waals surface area contributed by atoms with Crippen molar-refractivity contribution >= 4 is 11.7 Å². The van der Waals surface area contributed by atoms with Gasteiger partial charge < -0.3 is 10.2 Å². The summed E-state index contributed by atoms with van der Waals surface area (Å²) in [4.78, 5) is 17.3. The molecule has 0 bridgehead atoms. The van der Waals surface area contributed by atoms with Crippen LogP contribution in [0.4, 0.5) is 10.5 Å². The molecule has 1 fully saturated rings. The summed E-state index contributed by atoms with van der Waals surface area (Å²) in [5.41, 5.74) is 5.14. The SMILES string of the molecule is CCc1ccc(NC(=O)N2CCC[C@H](CN3CCc4ccccc4C3)C2)cc1. The first kappa shape index (κ1) is 19.0. The molecule has 2 amide bonds. The van der Waals surface area contributed by atoms with Crippen molar-refractivity contribution in [2.45, 2.75) is 39.2 Å². The molecular weight excluding hydrogens is 346 g/mol. The van der Waals surface area contributed by atoms with Crippen molar-refractivity contribution in [3.05, 3.63) is 65.2 Å². The van der Waals surface area contributed by atoms with Gasteiger partial charge in [-0.05, 0) is 60.4 Å². The number of aryl methyl sites for hydroxylation is 1. The number of amides is 2. The molecule has 0 spiro atoms. The highest BCUT2D eigenvalue weighted by Gasteiger charge is 2.26. The molecule has 0 aliphatic carbocycles. The molecule has 2 aromatic carbocycles. The second kappa shape index (κ2) is 8.78. The fourth-order valence-corrected chi connectivity index (χ4v) is 4.50. The molecule has 0 unspecified atom stereocenters. The average molecular weight is 378 g/mol. The van der Waals surface area contributed by atoms with E-state index in [1.165, 1.54) is 23.1 Å². The Morgan fingerprint density at radius 1 is 1.07 bits per heavy atom. The number of hydrogen-bond acceptors (Lipinski definition) is 2. The summed E-state index contributed by atoms with van der Waals surface area (Å²) in [5, 5.41) is 3.07. The average Bonchev–Trinajstić information content (AvgIpc) is 2.74. The van der Waals surface area contributed by atoms with Gasteiger partial charge in [-0.1, -0.05) is 43.3 Å². The van der Waals surface area contributed by atoms with Crippen molar-refractivity contribution in [1.82, 2.24) is 9.80 Å². The van der Waals surface area contributed by atoms with E-state index in [4.69, 9.17) is 0 Å². The maximum absolute atomic E-state index is 12.7. The highest BCUT2D eigenvalue weighted by Crippen LogP contribution is 2.23. The molecule has 1 atom stereocenters. The van der Waals surface area contributed by atoms with Crippen LogP contribution >= 0.6 is 0 Å². The van der Waals surface area contributed by atoms with Crippen LogP contribution in [0.5, 0.6) is 0 Å². The Balaban J connectivity index is 1.31. The smallest absolute Gasteiger partial charge is 0.321 e. The third-order valence-electron chi connectivity index (χ3n) is 6.15. The van der Waals surface area contributed by atoms with Crippen molar-refractivity contribution in [3.63, 3.8) is 0 Å². The maximum Gasteiger partial charge on any atom is 0.321 e. The van der Waals surface area contributed by atoms with Crippen molar-refractivity contribution in [1.29, 1.82) is 0 Å². The van der Waals surface area contributed by atoms with E-state index in [2.05, 4.69) is 53.5 Å². The number of benzene rings is 2. The Morgan fingerprint density at radius 3 is 2.64 bits per heavy atom. The largest absolute Gasteiger partial charge is 0.324 e. The number of nitrogens with one attached hydrogen (secondary N) is 1. The topological polar surface area (TPSA) is 35.6 Å². The molecule has 2 aliphatic heterocycles. The number of urea groups is 1. The summed E-state index contributed by atoms with van der Waals surface area (Å²) >= 11 is 0. The van der Waals surface area contributed by atoms with E-state index in [9.17, 15) is 4.79 Å². The van der Waals surface area contributed by atoms with Crippen LogP contribution < -0.4 is 5.32 Å². The number of rotatable bonds is 4. The monoisotopic (exact) mass is 377 g/mol. The Hall–Kier alpha value is -2.33.